The van der Waals surface area contributed by atoms with Gasteiger partial charge in [-0.2, -0.15) is 0 Å². The van der Waals surface area contributed by atoms with Crippen molar-refractivity contribution in [3.63, 3.8) is 0 Å². The second kappa shape index (κ2) is 3.26. The van der Waals surface area contributed by atoms with Gasteiger partial charge in [0, 0.05) is 12.6 Å². The van der Waals surface area contributed by atoms with Crippen molar-refractivity contribution >= 4 is 0 Å². The van der Waals surface area contributed by atoms with Crippen molar-refractivity contribution in [2.45, 2.75) is 25.9 Å². The molecule has 0 aliphatic rings. The minimum Gasteiger partial charge on any atom is -0.328 e. The molecular formula is C5H11N5. The second-order valence-corrected chi connectivity index (χ2v) is 2.34. The van der Waals surface area contributed by atoms with Gasteiger partial charge in [0.05, 0.1) is 0 Å². The first-order valence-electron chi connectivity index (χ1n) is 3.25. The van der Waals surface area contributed by atoms with Crippen molar-refractivity contribution in [1.29, 1.82) is 0 Å². The standard InChI is InChI=1S/C5H11N5/c1-5(6)2-3-10-4-7-8-9-10/h4-5H,2-3,6H2,1H3/t5-/m0/s1. The summed E-state index contributed by atoms with van der Waals surface area (Å²) in [5, 5.41) is 10.7. The van der Waals surface area contributed by atoms with Crippen LogP contribution in [-0.4, -0.2) is 26.2 Å². The zero-order valence-corrected chi connectivity index (χ0v) is 5.94. The van der Waals surface area contributed by atoms with Crippen molar-refractivity contribution in [3.05, 3.63) is 6.33 Å². The van der Waals surface area contributed by atoms with Gasteiger partial charge in [0.25, 0.3) is 0 Å². The number of rotatable bonds is 3. The van der Waals surface area contributed by atoms with Crippen LogP contribution >= 0.6 is 0 Å². The summed E-state index contributed by atoms with van der Waals surface area (Å²) in [5.74, 6) is 0. The molecule has 0 aliphatic carbocycles. The van der Waals surface area contributed by atoms with E-state index >= 15 is 0 Å². The number of nitrogens with zero attached hydrogens (tertiary/aromatic N) is 4. The molecule has 0 radical (unpaired) electrons. The Morgan fingerprint density at radius 2 is 2.50 bits per heavy atom. The lowest BCUT2D eigenvalue weighted by atomic mass is 10.2. The number of hydrogen-bond donors (Lipinski definition) is 1. The average Bonchev–Trinajstić information content (AvgIpc) is 2.34. The quantitative estimate of drug-likeness (QED) is 0.610. The predicted octanol–water partition coefficient (Wildman–Crippen LogP) is -0.590. The first-order valence-corrected chi connectivity index (χ1v) is 3.25. The monoisotopic (exact) mass is 141 g/mol. The van der Waals surface area contributed by atoms with Crippen molar-refractivity contribution in [1.82, 2.24) is 20.2 Å². The molecule has 1 heterocycles. The molecule has 0 fully saturated rings. The van der Waals surface area contributed by atoms with Crippen LogP contribution in [0.3, 0.4) is 0 Å². The van der Waals surface area contributed by atoms with Crippen LogP contribution < -0.4 is 5.73 Å². The number of hydrogen-bond acceptors (Lipinski definition) is 4. The molecule has 1 aromatic heterocycles. The van der Waals surface area contributed by atoms with Gasteiger partial charge in [-0.3, -0.25) is 0 Å². The molecule has 0 aromatic carbocycles. The molecule has 0 saturated heterocycles. The third-order valence-corrected chi connectivity index (χ3v) is 1.20. The maximum atomic E-state index is 5.53. The summed E-state index contributed by atoms with van der Waals surface area (Å²) in [6, 6.07) is 0.212. The van der Waals surface area contributed by atoms with E-state index in [4.69, 9.17) is 5.73 Å². The van der Waals surface area contributed by atoms with E-state index in [0.717, 1.165) is 13.0 Å². The fourth-order valence-electron chi connectivity index (χ4n) is 0.619. The maximum Gasteiger partial charge on any atom is 0.138 e. The Morgan fingerprint density at radius 3 is 3.00 bits per heavy atom. The molecule has 0 aliphatic heterocycles. The van der Waals surface area contributed by atoms with Crippen molar-refractivity contribution in [3.8, 4) is 0 Å². The third-order valence-electron chi connectivity index (χ3n) is 1.20. The van der Waals surface area contributed by atoms with Crippen LogP contribution in [0.4, 0.5) is 0 Å². The molecule has 10 heavy (non-hydrogen) atoms. The highest BCUT2D eigenvalue weighted by Gasteiger charge is 1.95. The molecule has 0 bridgehead atoms. The van der Waals surface area contributed by atoms with Gasteiger partial charge in [-0.25, -0.2) is 4.68 Å². The van der Waals surface area contributed by atoms with E-state index < -0.39 is 0 Å². The van der Waals surface area contributed by atoms with E-state index in [1.54, 1.807) is 11.0 Å². The van der Waals surface area contributed by atoms with E-state index in [0.29, 0.717) is 0 Å². The molecule has 1 aromatic rings. The topological polar surface area (TPSA) is 69.6 Å². The Hall–Kier alpha value is -0.970. The lowest BCUT2D eigenvalue weighted by Gasteiger charge is -2.01. The molecule has 0 amide bonds. The largest absolute Gasteiger partial charge is 0.328 e. The maximum absolute atomic E-state index is 5.53. The molecule has 0 spiro atoms. The third kappa shape index (κ3) is 2.10. The lowest BCUT2D eigenvalue weighted by Crippen LogP contribution is -2.17. The van der Waals surface area contributed by atoms with Crippen molar-refractivity contribution < 1.29 is 0 Å². The molecule has 56 valence electrons. The van der Waals surface area contributed by atoms with Gasteiger partial charge in [-0.05, 0) is 23.8 Å². The van der Waals surface area contributed by atoms with Crippen LogP contribution in [0.15, 0.2) is 6.33 Å². The Kier molecular flexibility index (Phi) is 2.33. The summed E-state index contributed by atoms with van der Waals surface area (Å²) >= 11 is 0. The summed E-state index contributed by atoms with van der Waals surface area (Å²) < 4.78 is 1.67. The van der Waals surface area contributed by atoms with Crippen LogP contribution in [0, 0.1) is 0 Å². The average molecular weight is 141 g/mol. The highest BCUT2D eigenvalue weighted by atomic mass is 15.5. The number of aromatic nitrogens is 4. The van der Waals surface area contributed by atoms with E-state index in [1.165, 1.54) is 0 Å². The van der Waals surface area contributed by atoms with Gasteiger partial charge < -0.3 is 5.73 Å². The van der Waals surface area contributed by atoms with Gasteiger partial charge in [0.15, 0.2) is 0 Å². The van der Waals surface area contributed by atoms with E-state index in [2.05, 4.69) is 15.5 Å². The number of aryl methyl sites for hydroxylation is 1. The fourth-order valence-corrected chi connectivity index (χ4v) is 0.619. The van der Waals surface area contributed by atoms with Gasteiger partial charge in [-0.15, -0.1) is 5.10 Å². The molecule has 0 saturated carbocycles. The summed E-state index contributed by atoms with van der Waals surface area (Å²) in [4.78, 5) is 0. The first-order chi connectivity index (χ1) is 4.79. The van der Waals surface area contributed by atoms with Crippen molar-refractivity contribution in [2.75, 3.05) is 0 Å². The zero-order chi connectivity index (χ0) is 7.40. The molecular weight excluding hydrogens is 130 g/mol. The van der Waals surface area contributed by atoms with Gasteiger partial charge in [0.1, 0.15) is 6.33 Å². The second-order valence-electron chi connectivity index (χ2n) is 2.34. The fraction of sp³-hybridized carbons (Fsp3) is 0.800. The smallest absolute Gasteiger partial charge is 0.138 e. The highest BCUT2D eigenvalue weighted by molar-refractivity contribution is 4.54. The molecule has 5 nitrogen and oxygen atoms in total. The number of tetrazole rings is 1. The van der Waals surface area contributed by atoms with Crippen LogP contribution in [0.5, 0.6) is 0 Å². The first kappa shape index (κ1) is 7.14. The Balaban J connectivity index is 2.28. The van der Waals surface area contributed by atoms with Crippen LogP contribution in [-0.2, 0) is 6.54 Å². The van der Waals surface area contributed by atoms with E-state index in [9.17, 15) is 0 Å². The van der Waals surface area contributed by atoms with E-state index in [1.807, 2.05) is 6.92 Å². The van der Waals surface area contributed by atoms with Crippen LogP contribution in [0.1, 0.15) is 13.3 Å². The Labute approximate surface area is 59.2 Å². The molecule has 2 N–H and O–H groups in total. The Morgan fingerprint density at radius 1 is 1.70 bits per heavy atom. The van der Waals surface area contributed by atoms with Crippen molar-refractivity contribution in [2.24, 2.45) is 5.73 Å². The predicted molar refractivity (Wildman–Crippen MR) is 36.1 cm³/mol. The number of nitrogens with two attached hydrogens (primary N) is 1. The molecule has 0 unspecified atom stereocenters. The molecule has 1 rings (SSSR count). The summed E-state index contributed by atoms with van der Waals surface area (Å²) in [5.41, 5.74) is 5.53. The minimum atomic E-state index is 0.212. The minimum absolute atomic E-state index is 0.212. The van der Waals surface area contributed by atoms with Gasteiger partial charge in [-0.1, -0.05) is 0 Å². The summed E-state index contributed by atoms with van der Waals surface area (Å²) in [7, 11) is 0. The molecule has 5 heteroatoms. The normalized spacial score (nSPS) is 13.4. The summed E-state index contributed by atoms with van der Waals surface area (Å²) in [6.07, 6.45) is 2.49. The highest BCUT2D eigenvalue weighted by Crippen LogP contribution is 1.88. The lowest BCUT2D eigenvalue weighted by molar-refractivity contribution is 0.517. The zero-order valence-electron chi connectivity index (χ0n) is 5.94. The SMILES string of the molecule is C[C@H](N)CCn1cnnn1. The van der Waals surface area contributed by atoms with Gasteiger partial charge in [0.2, 0.25) is 0 Å². The summed E-state index contributed by atoms with van der Waals surface area (Å²) in [6.45, 7) is 2.76. The van der Waals surface area contributed by atoms with E-state index in [-0.39, 0.29) is 6.04 Å². The Bertz CT molecular complexity index is 168. The molecule has 1 atom stereocenters. The van der Waals surface area contributed by atoms with Crippen LogP contribution in [0.25, 0.3) is 0 Å². The van der Waals surface area contributed by atoms with Crippen LogP contribution in [0.2, 0.25) is 0 Å². The van der Waals surface area contributed by atoms with Gasteiger partial charge >= 0.3 is 0 Å².